The molecular formula is C13H17NO2. The van der Waals surface area contributed by atoms with Crippen LogP contribution in [0.5, 0.6) is 5.75 Å². The van der Waals surface area contributed by atoms with Crippen LogP contribution in [-0.2, 0) is 4.79 Å². The summed E-state index contributed by atoms with van der Waals surface area (Å²) < 4.78 is 0. The number of nitrogens with one attached hydrogen (secondary N) is 1. The number of rotatable bonds is 5. The summed E-state index contributed by atoms with van der Waals surface area (Å²) in [6, 6.07) is 6.91. The summed E-state index contributed by atoms with van der Waals surface area (Å²) in [5.74, 6) is 0.367. The van der Waals surface area contributed by atoms with E-state index in [9.17, 15) is 9.90 Å². The lowest BCUT2D eigenvalue weighted by molar-refractivity contribution is -0.114. The lowest BCUT2D eigenvalue weighted by atomic mass is 10.2. The van der Waals surface area contributed by atoms with Gasteiger partial charge in [0.25, 0.3) is 0 Å². The molecule has 0 aliphatic heterocycles. The van der Waals surface area contributed by atoms with Gasteiger partial charge in [-0.2, -0.15) is 0 Å². The number of aromatic hydroxyl groups is 1. The van der Waals surface area contributed by atoms with Crippen molar-refractivity contribution in [3.63, 3.8) is 0 Å². The third-order valence-corrected chi connectivity index (χ3v) is 2.17. The Morgan fingerprint density at radius 2 is 2.25 bits per heavy atom. The predicted molar refractivity (Wildman–Crippen MR) is 65.7 cm³/mol. The molecule has 0 aromatic heterocycles. The number of hydrogen-bond donors (Lipinski definition) is 2. The molecule has 1 rings (SSSR count). The van der Waals surface area contributed by atoms with Gasteiger partial charge in [-0.25, -0.2) is 0 Å². The van der Waals surface area contributed by atoms with Gasteiger partial charge in [0.15, 0.2) is 5.78 Å². The van der Waals surface area contributed by atoms with Crippen LogP contribution >= 0.6 is 0 Å². The normalized spacial score (nSPS) is 11.2. The average molecular weight is 219 g/mol. The largest absolute Gasteiger partial charge is 0.508 e. The Bertz CT molecular complexity index is 397. The van der Waals surface area contributed by atoms with E-state index in [4.69, 9.17) is 0 Å². The van der Waals surface area contributed by atoms with E-state index in [-0.39, 0.29) is 11.5 Å². The molecule has 86 valence electrons. The van der Waals surface area contributed by atoms with Gasteiger partial charge in [0.2, 0.25) is 0 Å². The summed E-state index contributed by atoms with van der Waals surface area (Å²) in [5.41, 5.74) is 1.83. The van der Waals surface area contributed by atoms with Crippen molar-refractivity contribution < 1.29 is 9.90 Å². The quantitative estimate of drug-likeness (QED) is 0.749. The molecule has 2 N–H and O–H groups in total. The molecule has 0 spiro atoms. The summed E-state index contributed by atoms with van der Waals surface area (Å²) in [6.45, 7) is 4.35. The minimum Gasteiger partial charge on any atom is -0.508 e. The fraction of sp³-hybridized carbons (Fsp3) is 0.308. The van der Waals surface area contributed by atoms with Crippen LogP contribution in [0.1, 0.15) is 20.3 Å². The van der Waals surface area contributed by atoms with Gasteiger partial charge in [0.05, 0.1) is 0 Å². The molecule has 0 saturated carbocycles. The Balaban J connectivity index is 2.52. The van der Waals surface area contributed by atoms with Gasteiger partial charge >= 0.3 is 0 Å². The first-order valence-electron chi connectivity index (χ1n) is 5.34. The number of phenols is 1. The number of ketones is 1. The molecule has 3 heteroatoms. The van der Waals surface area contributed by atoms with Crippen LogP contribution < -0.4 is 5.32 Å². The highest BCUT2D eigenvalue weighted by Crippen LogP contribution is 2.15. The van der Waals surface area contributed by atoms with Gasteiger partial charge in [0, 0.05) is 24.7 Å². The number of benzene rings is 1. The van der Waals surface area contributed by atoms with Crippen LogP contribution in [0.25, 0.3) is 0 Å². The van der Waals surface area contributed by atoms with Crippen molar-refractivity contribution in [2.75, 3.05) is 11.9 Å². The fourth-order valence-electron chi connectivity index (χ4n) is 1.29. The molecule has 0 atom stereocenters. The van der Waals surface area contributed by atoms with Crippen LogP contribution in [0.4, 0.5) is 5.69 Å². The molecule has 1 aromatic carbocycles. The number of anilines is 1. The third kappa shape index (κ3) is 4.17. The van der Waals surface area contributed by atoms with E-state index in [1.54, 1.807) is 24.3 Å². The topological polar surface area (TPSA) is 49.3 Å². The standard InChI is InChI=1S/C13H17NO2/c1-3-12(15)7-10(2)9-14-11-5-4-6-13(16)8-11/h4-8,14,16H,3,9H2,1-2H3/b10-7+. The van der Waals surface area contributed by atoms with Crippen LogP contribution in [0, 0.1) is 0 Å². The maximum atomic E-state index is 11.1. The second-order valence-electron chi connectivity index (χ2n) is 3.71. The highest BCUT2D eigenvalue weighted by Gasteiger charge is 1.97. The maximum absolute atomic E-state index is 11.1. The van der Waals surface area contributed by atoms with Gasteiger partial charge < -0.3 is 10.4 Å². The highest BCUT2D eigenvalue weighted by molar-refractivity contribution is 5.90. The van der Waals surface area contributed by atoms with Crippen LogP contribution in [-0.4, -0.2) is 17.4 Å². The number of allylic oxidation sites excluding steroid dienone is 1. The molecule has 0 saturated heterocycles. The molecule has 3 nitrogen and oxygen atoms in total. The summed E-state index contributed by atoms with van der Waals surface area (Å²) >= 11 is 0. The minimum atomic E-state index is 0.134. The zero-order valence-electron chi connectivity index (χ0n) is 9.66. The third-order valence-electron chi connectivity index (χ3n) is 2.17. The van der Waals surface area contributed by atoms with Gasteiger partial charge in [-0.15, -0.1) is 0 Å². The first kappa shape index (κ1) is 12.3. The molecular weight excluding hydrogens is 202 g/mol. The van der Waals surface area contributed by atoms with E-state index in [1.165, 1.54) is 0 Å². The zero-order chi connectivity index (χ0) is 12.0. The Hall–Kier alpha value is -1.77. The predicted octanol–water partition coefficient (Wildman–Crippen LogP) is 2.73. The zero-order valence-corrected chi connectivity index (χ0v) is 9.66. The van der Waals surface area contributed by atoms with Gasteiger partial charge in [-0.1, -0.05) is 18.6 Å². The van der Waals surface area contributed by atoms with E-state index in [2.05, 4.69) is 5.32 Å². The van der Waals surface area contributed by atoms with E-state index in [0.717, 1.165) is 11.3 Å². The molecule has 1 aromatic rings. The highest BCUT2D eigenvalue weighted by atomic mass is 16.3. The van der Waals surface area contributed by atoms with Crippen LogP contribution in [0.2, 0.25) is 0 Å². The number of phenolic OH excluding ortho intramolecular Hbond substituents is 1. The van der Waals surface area contributed by atoms with E-state index in [0.29, 0.717) is 13.0 Å². The Morgan fingerprint density at radius 1 is 1.50 bits per heavy atom. The Kier molecular flexibility index (Phi) is 4.58. The lowest BCUT2D eigenvalue weighted by Gasteiger charge is -2.06. The molecule has 0 fully saturated rings. The molecule has 0 amide bonds. The number of carbonyl (C=O) groups is 1. The van der Waals surface area contributed by atoms with Crippen molar-refractivity contribution >= 4 is 11.5 Å². The Labute approximate surface area is 95.8 Å². The van der Waals surface area contributed by atoms with Crippen molar-refractivity contribution in [1.29, 1.82) is 0 Å². The molecule has 16 heavy (non-hydrogen) atoms. The average Bonchev–Trinajstić information content (AvgIpc) is 2.26. The SMILES string of the molecule is CCC(=O)/C=C(\C)CNc1cccc(O)c1. The van der Waals surface area contributed by atoms with E-state index < -0.39 is 0 Å². The monoisotopic (exact) mass is 219 g/mol. The summed E-state index contributed by atoms with van der Waals surface area (Å²) in [6.07, 6.45) is 2.18. The van der Waals surface area contributed by atoms with Crippen molar-refractivity contribution in [3.05, 3.63) is 35.9 Å². The minimum absolute atomic E-state index is 0.134. The smallest absolute Gasteiger partial charge is 0.155 e. The summed E-state index contributed by atoms with van der Waals surface area (Å²) in [7, 11) is 0. The Morgan fingerprint density at radius 3 is 2.88 bits per heavy atom. The number of hydrogen-bond acceptors (Lipinski definition) is 3. The lowest BCUT2D eigenvalue weighted by Crippen LogP contribution is -2.04. The van der Waals surface area contributed by atoms with Gasteiger partial charge in [-0.05, 0) is 25.1 Å². The first-order chi connectivity index (χ1) is 7.61. The van der Waals surface area contributed by atoms with Gasteiger partial charge in [-0.3, -0.25) is 4.79 Å². The summed E-state index contributed by atoms with van der Waals surface area (Å²) in [4.78, 5) is 11.1. The van der Waals surface area contributed by atoms with Crippen molar-refractivity contribution in [3.8, 4) is 5.75 Å². The molecule has 0 unspecified atom stereocenters. The maximum Gasteiger partial charge on any atom is 0.155 e. The summed E-state index contributed by atoms with van der Waals surface area (Å²) in [5, 5.41) is 12.4. The van der Waals surface area contributed by atoms with E-state index >= 15 is 0 Å². The first-order valence-corrected chi connectivity index (χ1v) is 5.34. The second kappa shape index (κ2) is 5.95. The molecule has 0 bridgehead atoms. The molecule has 0 aliphatic rings. The van der Waals surface area contributed by atoms with Crippen molar-refractivity contribution in [2.24, 2.45) is 0 Å². The van der Waals surface area contributed by atoms with Crippen LogP contribution in [0.15, 0.2) is 35.9 Å². The van der Waals surface area contributed by atoms with Crippen molar-refractivity contribution in [2.45, 2.75) is 20.3 Å². The van der Waals surface area contributed by atoms with Gasteiger partial charge in [0.1, 0.15) is 5.75 Å². The molecule has 0 radical (unpaired) electrons. The second-order valence-corrected chi connectivity index (χ2v) is 3.71. The number of carbonyl (C=O) groups excluding carboxylic acids is 1. The van der Waals surface area contributed by atoms with Crippen molar-refractivity contribution in [1.82, 2.24) is 0 Å². The van der Waals surface area contributed by atoms with Crippen LogP contribution in [0.3, 0.4) is 0 Å². The molecule has 0 aliphatic carbocycles. The molecule has 0 heterocycles. The van der Waals surface area contributed by atoms with E-state index in [1.807, 2.05) is 19.9 Å². The fourth-order valence-corrected chi connectivity index (χ4v) is 1.29.